The highest BCUT2D eigenvalue weighted by Crippen LogP contribution is 2.16. The fourth-order valence-corrected chi connectivity index (χ4v) is 1.99. The molecule has 0 fully saturated rings. The van der Waals surface area contributed by atoms with Crippen LogP contribution in [-0.2, 0) is 6.54 Å². The number of aromatic nitrogens is 1. The second kappa shape index (κ2) is 6.05. The Bertz CT molecular complexity index is 704. The zero-order chi connectivity index (χ0) is 14.5. The van der Waals surface area contributed by atoms with Crippen LogP contribution in [0.2, 0.25) is 0 Å². The molecule has 2 aromatic heterocycles. The van der Waals surface area contributed by atoms with Gasteiger partial charge in [0, 0.05) is 11.8 Å². The van der Waals surface area contributed by atoms with Gasteiger partial charge in [0.05, 0.1) is 24.1 Å². The number of benzene rings is 1. The molecule has 0 saturated heterocycles. The van der Waals surface area contributed by atoms with Gasteiger partial charge in [-0.2, -0.15) is 0 Å². The van der Waals surface area contributed by atoms with Crippen molar-refractivity contribution < 1.29 is 9.21 Å². The molecule has 4 nitrogen and oxygen atoms in total. The number of nitrogens with zero attached hydrogens (tertiary/aromatic N) is 1. The van der Waals surface area contributed by atoms with E-state index in [1.165, 1.54) is 0 Å². The molecule has 1 aromatic carbocycles. The monoisotopic (exact) mass is 278 g/mol. The van der Waals surface area contributed by atoms with Gasteiger partial charge < -0.3 is 9.73 Å². The molecule has 0 atom stereocenters. The lowest BCUT2D eigenvalue weighted by molar-refractivity contribution is 0.0947. The first-order valence-corrected chi connectivity index (χ1v) is 6.65. The minimum absolute atomic E-state index is 0.168. The number of amides is 1. The summed E-state index contributed by atoms with van der Waals surface area (Å²) in [4.78, 5) is 16.3. The van der Waals surface area contributed by atoms with Crippen LogP contribution in [0.25, 0.3) is 11.3 Å². The summed E-state index contributed by atoms with van der Waals surface area (Å²) >= 11 is 0. The number of rotatable bonds is 4. The van der Waals surface area contributed by atoms with E-state index < -0.39 is 0 Å². The lowest BCUT2D eigenvalue weighted by Crippen LogP contribution is -2.22. The van der Waals surface area contributed by atoms with Crippen LogP contribution in [0, 0.1) is 0 Å². The Balaban J connectivity index is 1.67. The third-order valence-electron chi connectivity index (χ3n) is 3.10. The number of pyridine rings is 1. The number of nitrogens with one attached hydrogen (secondary N) is 1. The summed E-state index contributed by atoms with van der Waals surface area (Å²) in [5.41, 5.74) is 2.40. The maximum absolute atomic E-state index is 12.0. The highest BCUT2D eigenvalue weighted by Gasteiger charge is 2.07. The number of hydrogen-bond donors (Lipinski definition) is 1. The van der Waals surface area contributed by atoms with Gasteiger partial charge in [0.1, 0.15) is 5.76 Å². The molecule has 1 amide bonds. The van der Waals surface area contributed by atoms with Crippen LogP contribution in [-0.4, -0.2) is 10.9 Å². The molecule has 3 aromatic rings. The molecule has 0 aliphatic carbocycles. The van der Waals surface area contributed by atoms with Gasteiger partial charge in [-0.25, -0.2) is 0 Å². The van der Waals surface area contributed by atoms with E-state index in [1.54, 1.807) is 24.6 Å². The summed E-state index contributed by atoms with van der Waals surface area (Å²) < 4.78 is 5.17. The molecular formula is C17H14N2O2. The van der Waals surface area contributed by atoms with Crippen LogP contribution >= 0.6 is 0 Å². The summed E-state index contributed by atoms with van der Waals surface area (Å²) in [5.74, 6) is 0.552. The van der Waals surface area contributed by atoms with Crippen LogP contribution < -0.4 is 5.32 Å². The predicted octanol–water partition coefficient (Wildman–Crippen LogP) is 3.27. The van der Waals surface area contributed by atoms with E-state index in [2.05, 4.69) is 10.3 Å². The van der Waals surface area contributed by atoms with Gasteiger partial charge in [0.2, 0.25) is 0 Å². The second-order valence-electron chi connectivity index (χ2n) is 4.56. The van der Waals surface area contributed by atoms with E-state index in [1.807, 2.05) is 42.5 Å². The average molecular weight is 278 g/mol. The summed E-state index contributed by atoms with van der Waals surface area (Å²) in [6.45, 7) is 0.367. The highest BCUT2D eigenvalue weighted by atomic mass is 16.3. The largest absolute Gasteiger partial charge is 0.467 e. The Morgan fingerprint density at radius 1 is 1.05 bits per heavy atom. The molecule has 0 bridgehead atoms. The van der Waals surface area contributed by atoms with Crippen molar-refractivity contribution in [3.63, 3.8) is 0 Å². The molecule has 2 heterocycles. The van der Waals surface area contributed by atoms with Crippen LogP contribution in [0.4, 0.5) is 0 Å². The molecule has 0 radical (unpaired) electrons. The molecule has 0 saturated carbocycles. The number of carbonyl (C=O) groups is 1. The lowest BCUT2D eigenvalue weighted by Gasteiger charge is -2.04. The molecular weight excluding hydrogens is 264 g/mol. The third kappa shape index (κ3) is 3.17. The maximum atomic E-state index is 12.0. The van der Waals surface area contributed by atoms with Gasteiger partial charge in [0.25, 0.3) is 5.91 Å². The van der Waals surface area contributed by atoms with Gasteiger partial charge in [-0.05, 0) is 24.3 Å². The van der Waals surface area contributed by atoms with E-state index in [9.17, 15) is 4.79 Å². The number of carbonyl (C=O) groups excluding carboxylic acids is 1. The van der Waals surface area contributed by atoms with Gasteiger partial charge in [0.15, 0.2) is 0 Å². The SMILES string of the molecule is O=C(NCc1ccco1)c1ccc(-c2ccccc2)nc1. The van der Waals surface area contributed by atoms with Crippen molar-refractivity contribution in [1.82, 2.24) is 10.3 Å². The quantitative estimate of drug-likeness (QED) is 0.797. The van der Waals surface area contributed by atoms with Crippen LogP contribution in [0.5, 0.6) is 0 Å². The summed E-state index contributed by atoms with van der Waals surface area (Å²) in [7, 11) is 0. The summed E-state index contributed by atoms with van der Waals surface area (Å²) in [6, 6.07) is 17.1. The molecule has 0 aliphatic rings. The Hall–Kier alpha value is -2.88. The number of furan rings is 1. The first kappa shape index (κ1) is 13.1. The van der Waals surface area contributed by atoms with E-state index in [0.717, 1.165) is 17.0 Å². The molecule has 4 heteroatoms. The second-order valence-corrected chi connectivity index (χ2v) is 4.56. The molecule has 0 aliphatic heterocycles. The smallest absolute Gasteiger partial charge is 0.253 e. The minimum Gasteiger partial charge on any atom is -0.467 e. The fourth-order valence-electron chi connectivity index (χ4n) is 1.99. The maximum Gasteiger partial charge on any atom is 0.253 e. The topological polar surface area (TPSA) is 55.1 Å². The van der Waals surface area contributed by atoms with Gasteiger partial charge in [-0.15, -0.1) is 0 Å². The highest BCUT2D eigenvalue weighted by molar-refractivity contribution is 5.94. The van der Waals surface area contributed by atoms with Crippen molar-refractivity contribution in [2.75, 3.05) is 0 Å². The first-order chi connectivity index (χ1) is 10.3. The molecule has 0 spiro atoms. The van der Waals surface area contributed by atoms with E-state index in [4.69, 9.17) is 4.42 Å². The van der Waals surface area contributed by atoms with E-state index >= 15 is 0 Å². The van der Waals surface area contributed by atoms with Crippen molar-refractivity contribution in [2.24, 2.45) is 0 Å². The fraction of sp³-hybridized carbons (Fsp3) is 0.0588. The van der Waals surface area contributed by atoms with Gasteiger partial charge >= 0.3 is 0 Å². The van der Waals surface area contributed by atoms with E-state index in [0.29, 0.717) is 12.1 Å². The normalized spacial score (nSPS) is 10.3. The zero-order valence-corrected chi connectivity index (χ0v) is 11.3. The van der Waals surface area contributed by atoms with Crippen molar-refractivity contribution in [3.05, 3.63) is 78.4 Å². The number of hydrogen-bond acceptors (Lipinski definition) is 3. The molecule has 1 N–H and O–H groups in total. The first-order valence-electron chi connectivity index (χ1n) is 6.65. The van der Waals surface area contributed by atoms with Crippen molar-refractivity contribution in [3.8, 4) is 11.3 Å². The van der Waals surface area contributed by atoms with Crippen molar-refractivity contribution in [2.45, 2.75) is 6.54 Å². The zero-order valence-electron chi connectivity index (χ0n) is 11.3. The van der Waals surface area contributed by atoms with Gasteiger partial charge in [-0.1, -0.05) is 30.3 Å². The Labute approximate surface area is 122 Å². The lowest BCUT2D eigenvalue weighted by atomic mass is 10.1. The minimum atomic E-state index is -0.168. The van der Waals surface area contributed by atoms with Crippen LogP contribution in [0.1, 0.15) is 16.1 Å². The Morgan fingerprint density at radius 3 is 2.57 bits per heavy atom. The van der Waals surface area contributed by atoms with Crippen molar-refractivity contribution >= 4 is 5.91 Å². The molecule has 3 rings (SSSR count). The van der Waals surface area contributed by atoms with Crippen LogP contribution in [0.15, 0.2) is 71.5 Å². The molecule has 104 valence electrons. The van der Waals surface area contributed by atoms with Crippen LogP contribution in [0.3, 0.4) is 0 Å². The Morgan fingerprint density at radius 2 is 1.90 bits per heavy atom. The Kier molecular flexibility index (Phi) is 3.78. The average Bonchev–Trinajstić information content (AvgIpc) is 3.07. The summed E-state index contributed by atoms with van der Waals surface area (Å²) in [6.07, 6.45) is 3.16. The predicted molar refractivity (Wildman–Crippen MR) is 79.6 cm³/mol. The third-order valence-corrected chi connectivity index (χ3v) is 3.10. The molecule has 0 unspecified atom stereocenters. The van der Waals surface area contributed by atoms with Crippen molar-refractivity contribution in [1.29, 1.82) is 0 Å². The van der Waals surface area contributed by atoms with Gasteiger partial charge in [-0.3, -0.25) is 9.78 Å². The summed E-state index contributed by atoms with van der Waals surface area (Å²) in [5, 5.41) is 2.79. The van der Waals surface area contributed by atoms with E-state index in [-0.39, 0.29) is 5.91 Å². The standard InChI is InChI=1S/C17H14N2O2/c20-17(19-12-15-7-4-10-21-15)14-8-9-16(18-11-14)13-5-2-1-3-6-13/h1-11H,12H2,(H,19,20). The molecule has 21 heavy (non-hydrogen) atoms.